The topological polar surface area (TPSA) is 44.9 Å². The first kappa shape index (κ1) is 7.34. The Morgan fingerprint density at radius 3 is 3.10 bits per heavy atom. The largest absolute Gasteiger partial charge is 0.367 e. The van der Waals surface area contributed by atoms with Crippen LogP contribution in [0.5, 0.6) is 0 Å². The van der Waals surface area contributed by atoms with Crippen LogP contribution < -0.4 is 5.32 Å². The predicted octanol–water partition coefficient (Wildman–Crippen LogP) is 1.62. The average molecular weight is 203 g/mol. The molecule has 10 heavy (non-hydrogen) atoms. The maximum atomic E-state index is 10.3. The van der Waals surface area contributed by atoms with Gasteiger partial charge in [0.15, 0.2) is 0 Å². The Kier molecular flexibility index (Phi) is 2.50. The van der Waals surface area contributed by atoms with E-state index < -0.39 is 0 Å². The molecule has 1 heterocycles. The number of hydrogen-bond donors (Lipinski definition) is 2. The summed E-state index contributed by atoms with van der Waals surface area (Å²) in [4.78, 5) is 13.0. The molecule has 1 amide bonds. The Morgan fingerprint density at radius 1 is 1.80 bits per heavy atom. The SMILES string of the molecule is O=C(Br)NCc1cc[nH]c1. The van der Waals surface area contributed by atoms with E-state index in [0.29, 0.717) is 6.54 Å². The van der Waals surface area contributed by atoms with E-state index in [9.17, 15) is 4.79 Å². The zero-order chi connectivity index (χ0) is 7.40. The van der Waals surface area contributed by atoms with Crippen LogP contribution in [0.15, 0.2) is 18.5 Å². The molecule has 0 spiro atoms. The number of hydrogen-bond acceptors (Lipinski definition) is 1. The van der Waals surface area contributed by atoms with Crippen molar-refractivity contribution in [2.24, 2.45) is 0 Å². The molecule has 0 saturated carbocycles. The van der Waals surface area contributed by atoms with Crippen LogP contribution in [-0.2, 0) is 6.54 Å². The fourth-order valence-electron chi connectivity index (χ4n) is 0.640. The number of aromatic nitrogens is 1. The van der Waals surface area contributed by atoms with E-state index in [1.54, 1.807) is 0 Å². The molecule has 2 N–H and O–H groups in total. The zero-order valence-corrected chi connectivity index (χ0v) is 6.81. The summed E-state index contributed by atoms with van der Waals surface area (Å²) in [5, 5.41) is 2.61. The number of rotatable bonds is 2. The summed E-state index contributed by atoms with van der Waals surface area (Å²) in [5.41, 5.74) is 1.06. The van der Waals surface area contributed by atoms with Crippen LogP contribution >= 0.6 is 15.9 Å². The lowest BCUT2D eigenvalue weighted by Crippen LogP contribution is -2.14. The Morgan fingerprint density at radius 2 is 2.60 bits per heavy atom. The molecular formula is C6H7BrN2O. The quantitative estimate of drug-likeness (QED) is 0.556. The number of H-pyrrole nitrogens is 1. The third-order valence-corrected chi connectivity index (χ3v) is 1.37. The molecule has 1 aromatic rings. The van der Waals surface area contributed by atoms with Gasteiger partial charge in [0.2, 0.25) is 0 Å². The highest BCUT2D eigenvalue weighted by Gasteiger charge is 1.93. The number of carbonyl (C=O) groups excluding carboxylic acids is 1. The second-order valence-corrected chi connectivity index (χ2v) is 2.57. The standard InChI is InChI=1S/C6H7BrN2O/c7-6(10)9-4-5-1-2-8-3-5/h1-3,8H,4H2,(H,9,10). The Hall–Kier alpha value is -0.770. The van der Waals surface area contributed by atoms with Gasteiger partial charge in [-0.1, -0.05) is 0 Å². The van der Waals surface area contributed by atoms with Crippen LogP contribution in [0.3, 0.4) is 0 Å². The highest BCUT2D eigenvalue weighted by molar-refractivity contribution is 9.18. The second-order valence-electron chi connectivity index (χ2n) is 1.85. The molecule has 0 unspecified atom stereocenters. The van der Waals surface area contributed by atoms with Crippen molar-refractivity contribution < 1.29 is 4.79 Å². The van der Waals surface area contributed by atoms with Crippen molar-refractivity contribution in [2.45, 2.75) is 6.54 Å². The van der Waals surface area contributed by atoms with Gasteiger partial charge in [0, 0.05) is 34.9 Å². The van der Waals surface area contributed by atoms with E-state index in [1.807, 2.05) is 18.5 Å². The molecule has 0 aliphatic rings. The van der Waals surface area contributed by atoms with Gasteiger partial charge in [-0.05, 0) is 11.6 Å². The van der Waals surface area contributed by atoms with Crippen molar-refractivity contribution in [3.63, 3.8) is 0 Å². The lowest BCUT2D eigenvalue weighted by Gasteiger charge is -1.94. The maximum absolute atomic E-state index is 10.3. The van der Waals surface area contributed by atoms with E-state index in [2.05, 4.69) is 26.2 Å². The van der Waals surface area contributed by atoms with Crippen molar-refractivity contribution in [2.75, 3.05) is 0 Å². The van der Waals surface area contributed by atoms with E-state index in [1.165, 1.54) is 0 Å². The molecule has 0 saturated heterocycles. The summed E-state index contributed by atoms with van der Waals surface area (Å²) < 4.78 is 0. The van der Waals surface area contributed by atoms with Crippen LogP contribution in [0.25, 0.3) is 0 Å². The molecule has 0 radical (unpaired) electrons. The summed E-state index contributed by atoms with van der Waals surface area (Å²) in [6, 6.07) is 1.91. The van der Waals surface area contributed by atoms with Crippen molar-refractivity contribution in [1.29, 1.82) is 0 Å². The summed E-state index contributed by atoms with van der Waals surface area (Å²) in [6.45, 7) is 0.563. The van der Waals surface area contributed by atoms with Gasteiger partial charge in [-0.2, -0.15) is 0 Å². The summed E-state index contributed by atoms with van der Waals surface area (Å²) in [5.74, 6) is 0. The molecule has 4 heteroatoms. The third kappa shape index (κ3) is 2.23. The minimum absolute atomic E-state index is 0.186. The first-order chi connectivity index (χ1) is 4.79. The molecule has 0 fully saturated rings. The van der Waals surface area contributed by atoms with Gasteiger partial charge in [0.25, 0.3) is 4.82 Å². The van der Waals surface area contributed by atoms with E-state index in [-0.39, 0.29) is 4.82 Å². The number of halogens is 1. The van der Waals surface area contributed by atoms with Crippen molar-refractivity contribution in [3.8, 4) is 0 Å². The van der Waals surface area contributed by atoms with E-state index in [4.69, 9.17) is 0 Å². The third-order valence-electron chi connectivity index (χ3n) is 1.09. The summed E-state index contributed by atoms with van der Waals surface area (Å²) in [7, 11) is 0. The number of amides is 1. The maximum Gasteiger partial charge on any atom is 0.287 e. The Labute approximate surface area is 66.9 Å². The summed E-state index contributed by atoms with van der Waals surface area (Å²) in [6.07, 6.45) is 3.65. The highest BCUT2D eigenvalue weighted by atomic mass is 79.9. The Bertz CT molecular complexity index is 208. The smallest absolute Gasteiger partial charge is 0.287 e. The molecule has 0 aromatic carbocycles. The van der Waals surface area contributed by atoms with E-state index in [0.717, 1.165) is 5.56 Å². The van der Waals surface area contributed by atoms with Gasteiger partial charge >= 0.3 is 0 Å². The van der Waals surface area contributed by atoms with Crippen LogP contribution in [0.2, 0.25) is 0 Å². The minimum atomic E-state index is -0.186. The lowest BCUT2D eigenvalue weighted by molar-refractivity contribution is 0.261. The molecule has 1 rings (SSSR count). The number of nitrogens with one attached hydrogen (secondary N) is 2. The van der Waals surface area contributed by atoms with Gasteiger partial charge in [-0.15, -0.1) is 0 Å². The zero-order valence-electron chi connectivity index (χ0n) is 5.23. The molecule has 0 aliphatic carbocycles. The first-order valence-electron chi connectivity index (χ1n) is 2.84. The van der Waals surface area contributed by atoms with Gasteiger partial charge in [0.05, 0.1) is 0 Å². The number of aromatic amines is 1. The fourth-order valence-corrected chi connectivity index (χ4v) is 0.780. The van der Waals surface area contributed by atoms with Crippen LogP contribution in [-0.4, -0.2) is 9.80 Å². The molecule has 0 aliphatic heterocycles. The van der Waals surface area contributed by atoms with Gasteiger partial charge in [0.1, 0.15) is 0 Å². The first-order valence-corrected chi connectivity index (χ1v) is 3.63. The minimum Gasteiger partial charge on any atom is -0.367 e. The normalized spacial score (nSPS) is 9.30. The Balaban J connectivity index is 2.35. The van der Waals surface area contributed by atoms with Gasteiger partial charge < -0.3 is 10.3 Å². The molecule has 0 bridgehead atoms. The van der Waals surface area contributed by atoms with Gasteiger partial charge in [-0.25, -0.2) is 0 Å². The highest BCUT2D eigenvalue weighted by Crippen LogP contribution is 1.95. The molecular weight excluding hydrogens is 196 g/mol. The summed E-state index contributed by atoms with van der Waals surface area (Å²) >= 11 is 2.76. The molecule has 1 aromatic heterocycles. The van der Waals surface area contributed by atoms with Crippen LogP contribution in [0.1, 0.15) is 5.56 Å². The average Bonchev–Trinajstić information content (AvgIpc) is 2.34. The second kappa shape index (κ2) is 3.41. The molecule has 54 valence electrons. The fraction of sp³-hybridized carbons (Fsp3) is 0.167. The predicted molar refractivity (Wildman–Crippen MR) is 42.0 cm³/mol. The van der Waals surface area contributed by atoms with E-state index >= 15 is 0 Å². The van der Waals surface area contributed by atoms with Crippen molar-refractivity contribution in [3.05, 3.63) is 24.0 Å². The van der Waals surface area contributed by atoms with Gasteiger partial charge in [-0.3, -0.25) is 4.79 Å². The van der Waals surface area contributed by atoms with Crippen LogP contribution in [0, 0.1) is 0 Å². The van der Waals surface area contributed by atoms with Crippen molar-refractivity contribution >= 4 is 20.7 Å². The lowest BCUT2D eigenvalue weighted by atomic mass is 10.3. The molecule has 3 nitrogen and oxygen atoms in total. The monoisotopic (exact) mass is 202 g/mol. The number of carbonyl (C=O) groups is 1. The van der Waals surface area contributed by atoms with Crippen LogP contribution in [0.4, 0.5) is 4.79 Å². The van der Waals surface area contributed by atoms with Crippen molar-refractivity contribution in [1.82, 2.24) is 10.3 Å². The molecule has 0 atom stereocenters.